The van der Waals surface area contributed by atoms with E-state index in [1.165, 1.54) is 12.1 Å². The largest absolute Gasteiger partial charge is 0.490 e. The summed E-state index contributed by atoms with van der Waals surface area (Å²) in [7, 11) is 0. The molecule has 2 aromatic carbocycles. The Hall–Kier alpha value is -3.81. The van der Waals surface area contributed by atoms with Gasteiger partial charge in [0, 0.05) is 37.8 Å². The molecule has 2 aromatic rings. The molecule has 1 N–H and O–H groups in total. The van der Waals surface area contributed by atoms with Crippen molar-refractivity contribution in [3.8, 4) is 17.2 Å². The summed E-state index contributed by atoms with van der Waals surface area (Å²) in [6.45, 7) is 7.55. The van der Waals surface area contributed by atoms with E-state index < -0.39 is 28.3 Å². The van der Waals surface area contributed by atoms with Gasteiger partial charge in [-0.2, -0.15) is 13.2 Å². The zero-order chi connectivity index (χ0) is 28.7. The predicted molar refractivity (Wildman–Crippen MR) is 142 cm³/mol. The van der Waals surface area contributed by atoms with E-state index in [1.807, 2.05) is 6.92 Å². The maximum atomic E-state index is 13.0. The van der Waals surface area contributed by atoms with Crippen LogP contribution in [0.25, 0.3) is 0 Å². The van der Waals surface area contributed by atoms with Crippen molar-refractivity contribution < 1.29 is 37.1 Å². The molecule has 0 saturated carbocycles. The van der Waals surface area contributed by atoms with E-state index in [1.54, 1.807) is 23.6 Å². The second-order valence-electron chi connectivity index (χ2n) is 8.29. The molecule has 1 fully saturated rings. The lowest BCUT2D eigenvalue weighted by Crippen LogP contribution is -2.52. The third kappa shape index (κ3) is 7.19. The quantitative estimate of drug-likeness (QED) is 0.262. The summed E-state index contributed by atoms with van der Waals surface area (Å²) in [4.78, 5) is 27.0. The van der Waals surface area contributed by atoms with Gasteiger partial charge in [0.15, 0.2) is 16.6 Å². The van der Waals surface area contributed by atoms with E-state index in [9.17, 15) is 28.1 Å². The van der Waals surface area contributed by atoms with E-state index >= 15 is 0 Å². The van der Waals surface area contributed by atoms with E-state index in [2.05, 4.69) is 5.32 Å². The lowest BCUT2D eigenvalue weighted by Gasteiger charge is -2.37. The molecular weight excluding hydrogens is 541 g/mol. The summed E-state index contributed by atoms with van der Waals surface area (Å²) in [6.07, 6.45) is -4.69. The zero-order valence-electron chi connectivity index (χ0n) is 21.7. The fourth-order valence-corrected chi connectivity index (χ4v) is 4.31. The number of anilines is 1. The third-order valence-electron chi connectivity index (χ3n) is 5.80. The second kappa shape index (κ2) is 12.8. The molecular formula is C25H29F3N4O6S. The zero-order valence-corrected chi connectivity index (χ0v) is 22.5. The van der Waals surface area contributed by atoms with Crippen molar-refractivity contribution in [2.45, 2.75) is 26.9 Å². The van der Waals surface area contributed by atoms with Crippen LogP contribution in [0.2, 0.25) is 0 Å². The molecule has 0 aromatic heterocycles. The number of nitrogens with one attached hydrogen (secondary N) is 1. The van der Waals surface area contributed by atoms with Crippen LogP contribution in [-0.4, -0.2) is 66.8 Å². The van der Waals surface area contributed by atoms with Crippen molar-refractivity contribution in [3.05, 3.63) is 51.6 Å². The number of hydrogen-bond donors (Lipinski definition) is 1. The van der Waals surface area contributed by atoms with Crippen molar-refractivity contribution in [1.29, 1.82) is 0 Å². The van der Waals surface area contributed by atoms with Gasteiger partial charge in [0.05, 0.1) is 30.3 Å². The molecule has 0 unspecified atom stereocenters. The highest BCUT2D eigenvalue weighted by Crippen LogP contribution is 2.39. The number of nitro groups is 1. The van der Waals surface area contributed by atoms with Gasteiger partial charge in [0.1, 0.15) is 5.69 Å². The molecule has 0 spiro atoms. The first kappa shape index (κ1) is 29.7. The van der Waals surface area contributed by atoms with Crippen LogP contribution < -0.4 is 24.4 Å². The number of piperazine rings is 1. The lowest BCUT2D eigenvalue weighted by molar-refractivity contribution is -0.384. The Morgan fingerprint density at radius 3 is 2.05 bits per heavy atom. The van der Waals surface area contributed by atoms with Crippen LogP contribution >= 0.6 is 12.2 Å². The van der Waals surface area contributed by atoms with Crippen LogP contribution in [0.4, 0.5) is 24.5 Å². The number of amides is 1. The molecule has 0 atom stereocenters. The fourth-order valence-electron chi connectivity index (χ4n) is 4.03. The van der Waals surface area contributed by atoms with Gasteiger partial charge in [0.25, 0.3) is 11.6 Å². The second-order valence-corrected chi connectivity index (χ2v) is 8.68. The smallest absolute Gasteiger partial charge is 0.416 e. The van der Waals surface area contributed by atoms with E-state index in [-0.39, 0.29) is 42.5 Å². The van der Waals surface area contributed by atoms with Gasteiger partial charge >= 0.3 is 6.18 Å². The van der Waals surface area contributed by atoms with Crippen molar-refractivity contribution in [2.24, 2.45) is 0 Å². The number of carbonyl (C=O) groups is 1. The highest BCUT2D eigenvalue weighted by Gasteiger charge is 2.34. The third-order valence-corrected chi connectivity index (χ3v) is 6.16. The first-order chi connectivity index (χ1) is 18.5. The number of benzene rings is 2. The normalized spacial score (nSPS) is 13.6. The molecule has 1 aliphatic rings. The van der Waals surface area contributed by atoms with E-state index in [0.29, 0.717) is 43.1 Å². The first-order valence-electron chi connectivity index (χ1n) is 12.3. The number of hydrogen-bond acceptors (Lipinski definition) is 8. The summed E-state index contributed by atoms with van der Waals surface area (Å²) in [5, 5.41) is 14.3. The highest BCUT2D eigenvalue weighted by atomic mass is 32.1. The Morgan fingerprint density at radius 1 is 1.00 bits per heavy atom. The molecule has 212 valence electrons. The average molecular weight is 571 g/mol. The number of thiocarbonyl (C=S) groups is 1. The molecule has 10 nitrogen and oxygen atoms in total. The van der Waals surface area contributed by atoms with Gasteiger partial charge in [-0.1, -0.05) is 0 Å². The summed E-state index contributed by atoms with van der Waals surface area (Å²) < 4.78 is 56.1. The van der Waals surface area contributed by atoms with Gasteiger partial charge in [-0.25, -0.2) is 0 Å². The molecule has 1 amide bonds. The number of nitro benzene ring substituents is 1. The average Bonchev–Trinajstić information content (AvgIpc) is 2.89. The van der Waals surface area contributed by atoms with Crippen molar-refractivity contribution in [2.75, 3.05) is 50.9 Å². The monoisotopic (exact) mass is 570 g/mol. The van der Waals surface area contributed by atoms with Crippen LogP contribution in [0.3, 0.4) is 0 Å². The number of halogens is 3. The summed E-state index contributed by atoms with van der Waals surface area (Å²) >= 11 is 5.42. The van der Waals surface area contributed by atoms with Gasteiger partial charge < -0.3 is 24.0 Å². The molecule has 0 bridgehead atoms. The molecule has 39 heavy (non-hydrogen) atoms. The van der Waals surface area contributed by atoms with Gasteiger partial charge in [0.2, 0.25) is 5.75 Å². The molecule has 3 rings (SSSR count). The number of rotatable bonds is 9. The maximum absolute atomic E-state index is 13.0. The summed E-state index contributed by atoms with van der Waals surface area (Å²) in [6, 6.07) is 5.54. The topological polar surface area (TPSA) is 106 Å². The predicted octanol–water partition coefficient (Wildman–Crippen LogP) is 4.65. The minimum atomic E-state index is -4.69. The Bertz CT molecular complexity index is 1190. The van der Waals surface area contributed by atoms with Crippen LogP contribution in [0, 0.1) is 10.1 Å². The van der Waals surface area contributed by atoms with Crippen LogP contribution in [0.5, 0.6) is 17.2 Å². The maximum Gasteiger partial charge on any atom is 0.416 e. The van der Waals surface area contributed by atoms with Crippen molar-refractivity contribution >= 4 is 34.6 Å². The molecule has 1 saturated heterocycles. The van der Waals surface area contributed by atoms with Crippen molar-refractivity contribution in [1.82, 2.24) is 10.2 Å². The fraction of sp³-hybridized carbons (Fsp3) is 0.440. The van der Waals surface area contributed by atoms with Gasteiger partial charge in [-0.05, 0) is 57.3 Å². The molecule has 14 heteroatoms. The molecule has 1 heterocycles. The first-order valence-corrected chi connectivity index (χ1v) is 12.7. The standard InChI is InChI=1S/C25H29F3N4O6S/c1-4-36-20-13-16(14-21(37-5-2)22(20)38-6-3)23(33)29-24(39)31-11-9-30(10-12-31)18-8-7-17(25(26,27)28)15-19(18)32(34)35/h7-8,13-15H,4-6,9-12H2,1-3H3,(H,29,33,39). The van der Waals surface area contributed by atoms with Gasteiger partial charge in [-0.3, -0.25) is 20.2 Å². The highest BCUT2D eigenvalue weighted by molar-refractivity contribution is 7.80. The van der Waals surface area contributed by atoms with E-state index in [0.717, 1.165) is 12.1 Å². The summed E-state index contributed by atoms with van der Waals surface area (Å²) in [5.74, 6) is 0.612. The Labute approximate surface area is 228 Å². The minimum absolute atomic E-state index is 0.0869. The molecule has 0 aliphatic carbocycles. The van der Waals surface area contributed by atoms with Gasteiger partial charge in [-0.15, -0.1) is 0 Å². The van der Waals surface area contributed by atoms with Crippen LogP contribution in [0.15, 0.2) is 30.3 Å². The lowest BCUT2D eigenvalue weighted by atomic mass is 10.1. The number of ether oxygens (including phenoxy) is 3. The number of nitrogens with zero attached hydrogens (tertiary/aromatic N) is 3. The molecule has 0 radical (unpaired) electrons. The SMILES string of the molecule is CCOc1cc(C(=O)NC(=S)N2CCN(c3ccc(C(F)(F)F)cc3[N+](=O)[O-])CC2)cc(OCC)c1OCC. The Kier molecular flexibility index (Phi) is 9.78. The number of alkyl halides is 3. The minimum Gasteiger partial charge on any atom is -0.490 e. The molecule has 1 aliphatic heterocycles. The number of carbonyl (C=O) groups excluding carboxylic acids is 1. The summed E-state index contributed by atoms with van der Waals surface area (Å²) in [5.41, 5.74) is -1.38. The van der Waals surface area contributed by atoms with E-state index in [4.69, 9.17) is 26.4 Å². The Morgan fingerprint density at radius 2 is 1.56 bits per heavy atom. The van der Waals surface area contributed by atoms with Crippen LogP contribution in [0.1, 0.15) is 36.7 Å². The van der Waals surface area contributed by atoms with Crippen molar-refractivity contribution in [3.63, 3.8) is 0 Å². The Balaban J connectivity index is 1.71. The van der Waals surface area contributed by atoms with Crippen LogP contribution in [-0.2, 0) is 6.18 Å².